The van der Waals surface area contributed by atoms with E-state index in [2.05, 4.69) is 31.2 Å². The molecule has 3 heterocycles. The molecule has 2 aromatic rings. The Hall–Kier alpha value is -1.14. The van der Waals surface area contributed by atoms with Crippen LogP contribution in [0.15, 0.2) is 23.2 Å². The number of hydrogen-bond donors (Lipinski definition) is 1. The Morgan fingerprint density at radius 1 is 1.47 bits per heavy atom. The number of halogens is 1. The second-order valence-corrected chi connectivity index (χ2v) is 5.59. The molecule has 1 unspecified atom stereocenters. The van der Waals surface area contributed by atoms with Gasteiger partial charge < -0.3 is 14.5 Å². The zero-order valence-electron chi connectivity index (χ0n) is 10.7. The molecule has 0 spiro atoms. The Bertz CT molecular complexity index is 551. The number of imidazole rings is 1. The fourth-order valence-corrected chi connectivity index (χ4v) is 2.80. The summed E-state index contributed by atoms with van der Waals surface area (Å²) in [5.41, 5.74) is 0.854. The lowest BCUT2D eigenvalue weighted by Gasteiger charge is -2.22. The summed E-state index contributed by atoms with van der Waals surface area (Å²) in [6, 6.07) is 0. The number of ether oxygens (including phenoxy) is 1. The first-order chi connectivity index (χ1) is 9.33. The van der Waals surface area contributed by atoms with Crippen molar-refractivity contribution in [3.63, 3.8) is 0 Å². The summed E-state index contributed by atoms with van der Waals surface area (Å²) in [4.78, 5) is 8.75. The van der Waals surface area contributed by atoms with Crippen LogP contribution < -0.4 is 5.32 Å². The number of rotatable bonds is 4. The summed E-state index contributed by atoms with van der Waals surface area (Å²) < 4.78 is 8.48. The maximum absolute atomic E-state index is 5.72. The fraction of sp³-hybridized carbons (Fsp3) is 0.538. The van der Waals surface area contributed by atoms with Crippen molar-refractivity contribution in [2.45, 2.75) is 31.8 Å². The molecular weight excluding hydrogens is 308 g/mol. The van der Waals surface area contributed by atoms with Crippen LogP contribution >= 0.6 is 15.9 Å². The normalized spacial score (nSPS) is 19.7. The number of anilines is 1. The second-order valence-electron chi connectivity index (χ2n) is 4.77. The molecule has 102 valence electrons. The standard InChI is InChI=1S/C13H17BrN4O/c14-11-9-18-7-6-16-13(18)12(17-11)15-5-4-10-3-1-2-8-19-10/h6-7,9-10H,1-5,8H2,(H,15,17). The van der Waals surface area contributed by atoms with E-state index in [-0.39, 0.29) is 0 Å². The third-order valence-corrected chi connectivity index (χ3v) is 3.76. The highest BCUT2D eigenvalue weighted by Gasteiger charge is 2.13. The molecule has 5 nitrogen and oxygen atoms in total. The van der Waals surface area contributed by atoms with Crippen LogP contribution in [-0.2, 0) is 4.74 Å². The third-order valence-electron chi connectivity index (χ3n) is 3.38. The van der Waals surface area contributed by atoms with Gasteiger partial charge >= 0.3 is 0 Å². The summed E-state index contributed by atoms with van der Waals surface area (Å²) >= 11 is 3.41. The van der Waals surface area contributed by atoms with Gasteiger partial charge in [0, 0.05) is 31.7 Å². The molecule has 1 aliphatic rings. The first kappa shape index (κ1) is 12.9. The Balaban J connectivity index is 1.63. The van der Waals surface area contributed by atoms with Crippen molar-refractivity contribution >= 4 is 27.4 Å². The molecule has 0 aromatic carbocycles. The van der Waals surface area contributed by atoms with Gasteiger partial charge in [0.25, 0.3) is 0 Å². The van der Waals surface area contributed by atoms with Crippen molar-refractivity contribution in [3.8, 4) is 0 Å². The lowest BCUT2D eigenvalue weighted by molar-refractivity contribution is 0.0134. The minimum absolute atomic E-state index is 0.393. The molecule has 2 aromatic heterocycles. The summed E-state index contributed by atoms with van der Waals surface area (Å²) in [6.45, 7) is 1.76. The van der Waals surface area contributed by atoms with E-state index in [1.807, 2.05) is 16.8 Å². The van der Waals surface area contributed by atoms with Gasteiger partial charge in [-0.15, -0.1) is 0 Å². The van der Waals surface area contributed by atoms with Crippen molar-refractivity contribution in [3.05, 3.63) is 23.2 Å². The molecule has 0 aliphatic carbocycles. The largest absolute Gasteiger partial charge is 0.378 e. The Kier molecular flexibility index (Phi) is 3.98. The van der Waals surface area contributed by atoms with E-state index in [0.717, 1.165) is 35.6 Å². The first-order valence-corrected chi connectivity index (χ1v) is 7.47. The monoisotopic (exact) mass is 324 g/mol. The van der Waals surface area contributed by atoms with E-state index in [1.54, 1.807) is 6.20 Å². The highest BCUT2D eigenvalue weighted by molar-refractivity contribution is 9.10. The van der Waals surface area contributed by atoms with Crippen LogP contribution in [0, 0.1) is 0 Å². The molecular formula is C13H17BrN4O. The van der Waals surface area contributed by atoms with Crippen LogP contribution in [0.4, 0.5) is 5.82 Å². The molecule has 1 aliphatic heterocycles. The summed E-state index contributed by atoms with van der Waals surface area (Å²) in [5, 5.41) is 3.36. The predicted octanol–water partition coefficient (Wildman–Crippen LogP) is 2.86. The van der Waals surface area contributed by atoms with Gasteiger partial charge in [-0.3, -0.25) is 0 Å². The van der Waals surface area contributed by atoms with Gasteiger partial charge in [-0.1, -0.05) is 0 Å². The topological polar surface area (TPSA) is 51.5 Å². The average Bonchev–Trinajstić information content (AvgIpc) is 2.88. The number of nitrogens with zero attached hydrogens (tertiary/aromatic N) is 3. The van der Waals surface area contributed by atoms with Gasteiger partial charge in [-0.25, -0.2) is 9.97 Å². The molecule has 1 saturated heterocycles. The second kappa shape index (κ2) is 5.88. The minimum atomic E-state index is 0.393. The molecule has 0 amide bonds. The molecule has 1 atom stereocenters. The Morgan fingerprint density at radius 2 is 2.42 bits per heavy atom. The van der Waals surface area contributed by atoms with Crippen LogP contribution in [0.1, 0.15) is 25.7 Å². The van der Waals surface area contributed by atoms with Crippen LogP contribution in [0.3, 0.4) is 0 Å². The number of nitrogens with one attached hydrogen (secondary N) is 1. The van der Waals surface area contributed by atoms with E-state index >= 15 is 0 Å². The number of fused-ring (bicyclic) bond motifs is 1. The Morgan fingerprint density at radius 3 is 3.26 bits per heavy atom. The zero-order valence-corrected chi connectivity index (χ0v) is 12.3. The number of aromatic nitrogens is 3. The lowest BCUT2D eigenvalue weighted by Crippen LogP contribution is -2.22. The quantitative estimate of drug-likeness (QED) is 0.939. The van der Waals surface area contributed by atoms with Crippen molar-refractivity contribution in [2.75, 3.05) is 18.5 Å². The van der Waals surface area contributed by atoms with Gasteiger partial charge in [0.15, 0.2) is 11.5 Å². The molecule has 19 heavy (non-hydrogen) atoms. The lowest BCUT2D eigenvalue weighted by atomic mass is 10.1. The van der Waals surface area contributed by atoms with Crippen molar-refractivity contribution in [2.24, 2.45) is 0 Å². The maximum Gasteiger partial charge on any atom is 0.180 e. The number of hydrogen-bond acceptors (Lipinski definition) is 4. The average molecular weight is 325 g/mol. The van der Waals surface area contributed by atoms with E-state index < -0.39 is 0 Å². The van der Waals surface area contributed by atoms with Gasteiger partial charge in [-0.05, 0) is 41.6 Å². The van der Waals surface area contributed by atoms with E-state index in [0.29, 0.717) is 6.10 Å². The molecule has 0 bridgehead atoms. The minimum Gasteiger partial charge on any atom is -0.378 e. The van der Waals surface area contributed by atoms with Crippen molar-refractivity contribution < 1.29 is 4.74 Å². The molecule has 0 radical (unpaired) electrons. The molecule has 3 rings (SSSR count). The molecule has 0 saturated carbocycles. The van der Waals surface area contributed by atoms with Crippen LogP contribution in [-0.4, -0.2) is 33.6 Å². The van der Waals surface area contributed by atoms with E-state index in [1.165, 1.54) is 19.3 Å². The fourth-order valence-electron chi connectivity index (χ4n) is 2.41. The highest BCUT2D eigenvalue weighted by atomic mass is 79.9. The first-order valence-electron chi connectivity index (χ1n) is 6.67. The summed E-state index contributed by atoms with van der Waals surface area (Å²) in [7, 11) is 0. The highest BCUT2D eigenvalue weighted by Crippen LogP contribution is 2.18. The van der Waals surface area contributed by atoms with Gasteiger partial charge in [0.05, 0.1) is 6.10 Å². The smallest absolute Gasteiger partial charge is 0.180 e. The zero-order chi connectivity index (χ0) is 13.1. The SMILES string of the molecule is Brc1cn2ccnc2c(NCCC2CCCCO2)n1. The van der Waals surface area contributed by atoms with Gasteiger partial charge in [0.2, 0.25) is 0 Å². The third kappa shape index (κ3) is 3.06. The summed E-state index contributed by atoms with van der Waals surface area (Å²) in [5.74, 6) is 0.815. The molecule has 1 N–H and O–H groups in total. The van der Waals surface area contributed by atoms with Crippen molar-refractivity contribution in [1.82, 2.24) is 14.4 Å². The predicted molar refractivity (Wildman–Crippen MR) is 77.4 cm³/mol. The van der Waals surface area contributed by atoms with E-state index in [9.17, 15) is 0 Å². The van der Waals surface area contributed by atoms with Crippen molar-refractivity contribution in [1.29, 1.82) is 0 Å². The van der Waals surface area contributed by atoms with Gasteiger partial charge in [-0.2, -0.15) is 0 Å². The van der Waals surface area contributed by atoms with E-state index in [4.69, 9.17) is 4.74 Å². The molecule has 1 fully saturated rings. The van der Waals surface area contributed by atoms with Gasteiger partial charge in [0.1, 0.15) is 4.60 Å². The maximum atomic E-state index is 5.72. The summed E-state index contributed by atoms with van der Waals surface area (Å²) in [6.07, 6.45) is 10.7. The van der Waals surface area contributed by atoms with Crippen LogP contribution in [0.5, 0.6) is 0 Å². The van der Waals surface area contributed by atoms with Crippen LogP contribution in [0.2, 0.25) is 0 Å². The Labute approximate surface area is 120 Å². The molecule has 6 heteroatoms. The van der Waals surface area contributed by atoms with Crippen LogP contribution in [0.25, 0.3) is 5.65 Å².